The molecule has 0 saturated heterocycles. The van der Waals surface area contributed by atoms with Gasteiger partial charge in [0.2, 0.25) is 5.91 Å². The van der Waals surface area contributed by atoms with Crippen molar-refractivity contribution in [1.29, 1.82) is 0 Å². The molecule has 0 aliphatic carbocycles. The standard InChI is InChI=1S/C25H23F6N3O3/c1-3-8-33(23(36)17-11-18(24(26,27)28)13-19(12-17)25(29,30)31)16-22(35)34(15-21-7-5-10-37-21)14-20-6-4-9-32(20)2/h3-7,9-13H,1,8,14-16H2,2H3. The summed E-state index contributed by atoms with van der Waals surface area (Å²) in [6.07, 6.45) is -5.84. The minimum Gasteiger partial charge on any atom is -0.467 e. The molecule has 2 heterocycles. The summed E-state index contributed by atoms with van der Waals surface area (Å²) in [5.41, 5.74) is -3.36. The van der Waals surface area contributed by atoms with Crippen LogP contribution in [0.3, 0.4) is 0 Å². The number of benzene rings is 1. The van der Waals surface area contributed by atoms with E-state index in [1.54, 1.807) is 42.1 Å². The SMILES string of the molecule is C=CCN(CC(=O)N(Cc1ccco1)Cc1cccn1C)C(=O)c1cc(C(F)(F)F)cc(C(F)(F)F)c1. The largest absolute Gasteiger partial charge is 0.467 e. The van der Waals surface area contributed by atoms with E-state index in [1.165, 1.54) is 17.2 Å². The first-order chi connectivity index (χ1) is 17.3. The van der Waals surface area contributed by atoms with Crippen molar-refractivity contribution >= 4 is 11.8 Å². The topological polar surface area (TPSA) is 58.7 Å². The Balaban J connectivity index is 1.92. The van der Waals surface area contributed by atoms with Gasteiger partial charge in [-0.2, -0.15) is 26.3 Å². The first-order valence-corrected chi connectivity index (χ1v) is 10.9. The second-order valence-corrected chi connectivity index (χ2v) is 8.21. The van der Waals surface area contributed by atoms with Crippen molar-refractivity contribution in [3.63, 3.8) is 0 Å². The number of nitrogens with zero attached hydrogens (tertiary/aromatic N) is 3. The molecule has 3 aromatic rings. The summed E-state index contributed by atoms with van der Waals surface area (Å²) in [4.78, 5) is 28.6. The molecule has 0 radical (unpaired) electrons. The van der Waals surface area contributed by atoms with E-state index < -0.39 is 47.4 Å². The lowest BCUT2D eigenvalue weighted by Gasteiger charge is -2.27. The maximum atomic E-state index is 13.3. The van der Waals surface area contributed by atoms with Crippen LogP contribution in [0.1, 0.15) is 32.9 Å². The summed E-state index contributed by atoms with van der Waals surface area (Å²) < 4.78 is 86.8. The highest BCUT2D eigenvalue weighted by molar-refractivity contribution is 5.97. The molecule has 6 nitrogen and oxygen atoms in total. The average Bonchev–Trinajstić information content (AvgIpc) is 3.48. The molecule has 0 aliphatic rings. The van der Waals surface area contributed by atoms with E-state index in [0.29, 0.717) is 17.9 Å². The fourth-order valence-electron chi connectivity index (χ4n) is 3.58. The summed E-state index contributed by atoms with van der Waals surface area (Å²) in [7, 11) is 1.77. The minimum atomic E-state index is -5.12. The number of hydrogen-bond donors (Lipinski definition) is 0. The Hall–Kier alpha value is -3.96. The lowest BCUT2D eigenvalue weighted by molar-refractivity contribution is -0.143. The zero-order valence-electron chi connectivity index (χ0n) is 19.6. The highest BCUT2D eigenvalue weighted by atomic mass is 19.4. The Morgan fingerprint density at radius 2 is 1.62 bits per heavy atom. The summed E-state index contributed by atoms with van der Waals surface area (Å²) in [6.45, 7) is 2.70. The van der Waals surface area contributed by atoms with Crippen LogP contribution in [0.4, 0.5) is 26.3 Å². The van der Waals surface area contributed by atoms with Crippen molar-refractivity contribution in [3.8, 4) is 0 Å². The summed E-state index contributed by atoms with van der Waals surface area (Å²) in [5, 5.41) is 0. The van der Waals surface area contributed by atoms with Crippen molar-refractivity contribution < 1.29 is 40.3 Å². The fourth-order valence-corrected chi connectivity index (χ4v) is 3.58. The van der Waals surface area contributed by atoms with Crippen molar-refractivity contribution in [2.75, 3.05) is 13.1 Å². The van der Waals surface area contributed by atoms with Gasteiger partial charge in [0.05, 0.1) is 30.5 Å². The molecule has 0 spiro atoms. The van der Waals surface area contributed by atoms with E-state index in [0.717, 1.165) is 10.6 Å². The zero-order chi connectivity index (χ0) is 27.4. The third kappa shape index (κ3) is 7.05. The number of carbonyl (C=O) groups is 2. The highest BCUT2D eigenvalue weighted by Crippen LogP contribution is 2.36. The Bertz CT molecular complexity index is 1210. The van der Waals surface area contributed by atoms with Crippen molar-refractivity contribution in [3.05, 3.63) is 95.7 Å². The monoisotopic (exact) mass is 527 g/mol. The summed E-state index contributed by atoms with van der Waals surface area (Å²) in [6, 6.07) is 7.41. The maximum Gasteiger partial charge on any atom is 0.416 e. The van der Waals surface area contributed by atoms with Crippen molar-refractivity contribution in [1.82, 2.24) is 14.4 Å². The van der Waals surface area contributed by atoms with E-state index in [2.05, 4.69) is 6.58 Å². The zero-order valence-corrected chi connectivity index (χ0v) is 19.6. The van der Waals surface area contributed by atoms with Crippen LogP contribution >= 0.6 is 0 Å². The third-order valence-corrected chi connectivity index (χ3v) is 5.48. The van der Waals surface area contributed by atoms with Gasteiger partial charge in [0, 0.05) is 31.0 Å². The Labute approximate surface area is 208 Å². The van der Waals surface area contributed by atoms with Crippen LogP contribution in [0.15, 0.2) is 72.0 Å². The highest BCUT2D eigenvalue weighted by Gasteiger charge is 2.38. The molecule has 2 amide bonds. The van der Waals surface area contributed by atoms with Crippen LogP contribution in [0, 0.1) is 0 Å². The summed E-state index contributed by atoms with van der Waals surface area (Å²) >= 11 is 0. The van der Waals surface area contributed by atoms with Crippen LogP contribution in [0.25, 0.3) is 0 Å². The molecule has 3 rings (SSSR count). The Morgan fingerprint density at radius 1 is 0.973 bits per heavy atom. The van der Waals surface area contributed by atoms with Gasteiger partial charge in [0.15, 0.2) is 0 Å². The van der Waals surface area contributed by atoms with Gasteiger partial charge in [-0.25, -0.2) is 0 Å². The number of aromatic nitrogens is 1. The molecule has 37 heavy (non-hydrogen) atoms. The van der Waals surface area contributed by atoms with Crippen LogP contribution in [-0.2, 0) is 37.3 Å². The van der Waals surface area contributed by atoms with E-state index in [1.807, 2.05) is 0 Å². The summed E-state index contributed by atoms with van der Waals surface area (Å²) in [5.74, 6) is -1.34. The number of alkyl halides is 6. The predicted octanol–water partition coefficient (Wildman–Crippen LogP) is 5.51. The number of amides is 2. The third-order valence-electron chi connectivity index (χ3n) is 5.48. The Morgan fingerprint density at radius 3 is 2.11 bits per heavy atom. The molecule has 1 aromatic carbocycles. The molecule has 198 valence electrons. The molecule has 0 N–H and O–H groups in total. The molecule has 0 aliphatic heterocycles. The van der Waals surface area contributed by atoms with Gasteiger partial charge >= 0.3 is 12.4 Å². The number of halogens is 6. The fraction of sp³-hybridized carbons (Fsp3) is 0.280. The molecule has 12 heteroatoms. The van der Waals surface area contributed by atoms with Gasteiger partial charge in [-0.1, -0.05) is 6.08 Å². The first-order valence-electron chi connectivity index (χ1n) is 10.9. The molecular formula is C25H23F6N3O3. The number of hydrogen-bond acceptors (Lipinski definition) is 3. The molecule has 0 atom stereocenters. The van der Waals surface area contributed by atoms with Gasteiger partial charge in [-0.05, 0) is 42.5 Å². The quantitative estimate of drug-likeness (QED) is 0.272. The molecule has 2 aromatic heterocycles. The lowest BCUT2D eigenvalue weighted by Crippen LogP contribution is -2.42. The Kier molecular flexibility index (Phi) is 8.19. The van der Waals surface area contributed by atoms with E-state index in [4.69, 9.17) is 4.42 Å². The van der Waals surface area contributed by atoms with Gasteiger partial charge < -0.3 is 18.8 Å². The second kappa shape index (κ2) is 11.0. The normalized spacial score (nSPS) is 11.9. The van der Waals surface area contributed by atoms with E-state index in [-0.39, 0.29) is 25.7 Å². The van der Waals surface area contributed by atoms with Crippen molar-refractivity contribution in [2.24, 2.45) is 7.05 Å². The second-order valence-electron chi connectivity index (χ2n) is 8.21. The lowest BCUT2D eigenvalue weighted by atomic mass is 10.0. The van der Waals surface area contributed by atoms with Crippen LogP contribution in [-0.4, -0.2) is 39.3 Å². The van der Waals surface area contributed by atoms with Crippen molar-refractivity contribution in [2.45, 2.75) is 25.4 Å². The average molecular weight is 527 g/mol. The number of furan rings is 1. The van der Waals surface area contributed by atoms with Gasteiger partial charge in [-0.3, -0.25) is 9.59 Å². The molecule has 0 saturated carbocycles. The maximum absolute atomic E-state index is 13.3. The van der Waals surface area contributed by atoms with Gasteiger partial charge in [-0.15, -0.1) is 6.58 Å². The molecular weight excluding hydrogens is 504 g/mol. The smallest absolute Gasteiger partial charge is 0.416 e. The van der Waals surface area contributed by atoms with Crippen LogP contribution < -0.4 is 0 Å². The predicted molar refractivity (Wildman–Crippen MR) is 121 cm³/mol. The number of rotatable bonds is 9. The van der Waals surface area contributed by atoms with Crippen LogP contribution in [0.5, 0.6) is 0 Å². The molecule has 0 unspecified atom stereocenters. The number of aryl methyl sites for hydroxylation is 1. The molecule has 0 fully saturated rings. The van der Waals surface area contributed by atoms with Gasteiger partial charge in [0.25, 0.3) is 5.91 Å². The van der Waals surface area contributed by atoms with Gasteiger partial charge in [0.1, 0.15) is 12.3 Å². The molecule has 0 bridgehead atoms. The number of carbonyl (C=O) groups excluding carboxylic acids is 2. The van der Waals surface area contributed by atoms with E-state index in [9.17, 15) is 35.9 Å². The minimum absolute atomic E-state index is 0.0227. The van der Waals surface area contributed by atoms with E-state index >= 15 is 0 Å². The first kappa shape index (κ1) is 27.6. The van der Waals surface area contributed by atoms with Crippen LogP contribution in [0.2, 0.25) is 0 Å².